The van der Waals surface area contributed by atoms with Gasteiger partial charge in [-0.15, -0.1) is 0 Å². The second-order valence-corrected chi connectivity index (χ2v) is 5.09. The lowest BCUT2D eigenvalue weighted by atomic mass is 10.3. The number of anilines is 1. The highest BCUT2D eigenvalue weighted by Gasteiger charge is 2.21. The first-order chi connectivity index (χ1) is 7.45. The van der Waals surface area contributed by atoms with Crippen molar-refractivity contribution in [3.63, 3.8) is 0 Å². The van der Waals surface area contributed by atoms with E-state index in [0.717, 1.165) is 0 Å². The summed E-state index contributed by atoms with van der Waals surface area (Å²) in [4.78, 5) is 0. The fourth-order valence-corrected chi connectivity index (χ4v) is 1.87. The third-order valence-electron chi connectivity index (χ3n) is 2.22. The van der Waals surface area contributed by atoms with Crippen molar-refractivity contribution >= 4 is 15.8 Å². The Morgan fingerprint density at radius 1 is 1.44 bits per heavy atom. The largest absolute Gasteiger partial charge is 0.490 e. The van der Waals surface area contributed by atoms with Gasteiger partial charge in [0.1, 0.15) is 17.6 Å². The summed E-state index contributed by atoms with van der Waals surface area (Å²) in [5.41, 5.74) is 6.06. The summed E-state index contributed by atoms with van der Waals surface area (Å²) in [6.45, 7) is 1.56. The number of nitrogen functional groups attached to an aromatic ring is 1. The molecule has 0 aromatic heterocycles. The Labute approximate surface area is 95.0 Å². The normalized spacial score (nSPS) is 13.4. The van der Waals surface area contributed by atoms with E-state index in [1.807, 2.05) is 0 Å². The van der Waals surface area contributed by atoms with Gasteiger partial charge in [-0.1, -0.05) is 19.1 Å². The molecule has 1 aromatic rings. The van der Waals surface area contributed by atoms with Gasteiger partial charge in [0.15, 0.2) is 0 Å². The van der Waals surface area contributed by atoms with Crippen molar-refractivity contribution in [1.29, 1.82) is 0 Å². The number of nitrogens with two attached hydrogens (primary N) is 1. The molecule has 3 N–H and O–H groups in total. The third kappa shape index (κ3) is 3.39. The average Bonchev–Trinajstić information content (AvgIpc) is 2.19. The van der Waals surface area contributed by atoms with Gasteiger partial charge in [-0.05, 0) is 18.6 Å². The molecule has 5 nitrogen and oxygen atoms in total. The zero-order valence-electron chi connectivity index (χ0n) is 8.96. The Hall–Kier alpha value is -1.27. The number of benzene rings is 1. The van der Waals surface area contributed by atoms with Crippen molar-refractivity contribution in [1.82, 2.24) is 0 Å². The highest BCUT2D eigenvalue weighted by Crippen LogP contribution is 2.20. The van der Waals surface area contributed by atoms with Crippen molar-refractivity contribution in [2.75, 3.05) is 12.3 Å². The van der Waals surface area contributed by atoms with E-state index in [1.54, 1.807) is 31.2 Å². The number of rotatable bonds is 5. The number of hydrogen-bond donors (Lipinski definition) is 2. The van der Waals surface area contributed by atoms with Gasteiger partial charge in [0.2, 0.25) is 0 Å². The van der Waals surface area contributed by atoms with E-state index >= 15 is 0 Å². The van der Waals surface area contributed by atoms with Crippen LogP contribution in [0.2, 0.25) is 0 Å². The van der Waals surface area contributed by atoms with Crippen LogP contribution in [0.25, 0.3) is 0 Å². The monoisotopic (exact) mass is 245 g/mol. The van der Waals surface area contributed by atoms with Crippen LogP contribution >= 0.6 is 0 Å². The molecule has 0 radical (unpaired) electrons. The molecular weight excluding hydrogens is 230 g/mol. The summed E-state index contributed by atoms with van der Waals surface area (Å²) in [6, 6.07) is 6.79. The van der Waals surface area contributed by atoms with Crippen molar-refractivity contribution in [2.24, 2.45) is 0 Å². The lowest BCUT2D eigenvalue weighted by Crippen LogP contribution is -2.26. The number of ether oxygens (including phenoxy) is 1. The molecule has 0 bridgehead atoms. The Morgan fingerprint density at radius 3 is 2.56 bits per heavy atom. The van der Waals surface area contributed by atoms with Crippen LogP contribution in [0.15, 0.2) is 24.3 Å². The van der Waals surface area contributed by atoms with Crippen LogP contribution in [0.1, 0.15) is 13.3 Å². The maximum absolute atomic E-state index is 10.9. The van der Waals surface area contributed by atoms with Gasteiger partial charge in [-0.2, -0.15) is 8.42 Å². The predicted molar refractivity (Wildman–Crippen MR) is 62.0 cm³/mol. The van der Waals surface area contributed by atoms with E-state index in [4.69, 9.17) is 15.0 Å². The molecule has 0 aliphatic carbocycles. The second-order valence-electron chi connectivity index (χ2n) is 3.39. The summed E-state index contributed by atoms with van der Waals surface area (Å²) >= 11 is 0. The molecule has 0 spiro atoms. The molecule has 0 aliphatic rings. The zero-order chi connectivity index (χ0) is 12.2. The minimum absolute atomic E-state index is 0.108. The van der Waals surface area contributed by atoms with E-state index in [1.165, 1.54) is 0 Å². The van der Waals surface area contributed by atoms with E-state index in [-0.39, 0.29) is 13.0 Å². The molecule has 6 heteroatoms. The van der Waals surface area contributed by atoms with Crippen LogP contribution in [-0.2, 0) is 10.1 Å². The van der Waals surface area contributed by atoms with Crippen molar-refractivity contribution in [3.8, 4) is 5.75 Å². The molecule has 90 valence electrons. The van der Waals surface area contributed by atoms with Crippen LogP contribution in [0.3, 0.4) is 0 Å². The number of para-hydroxylation sites is 2. The van der Waals surface area contributed by atoms with E-state index in [9.17, 15) is 8.42 Å². The first-order valence-corrected chi connectivity index (χ1v) is 6.39. The molecule has 0 heterocycles. The second kappa shape index (κ2) is 5.18. The van der Waals surface area contributed by atoms with Crippen LogP contribution in [-0.4, -0.2) is 24.8 Å². The minimum atomic E-state index is -4.06. The molecule has 0 aliphatic heterocycles. The summed E-state index contributed by atoms with van der Waals surface area (Å²) in [5.74, 6) is 0.421. The molecule has 16 heavy (non-hydrogen) atoms. The highest BCUT2D eigenvalue weighted by atomic mass is 32.2. The fraction of sp³-hybridized carbons (Fsp3) is 0.400. The minimum Gasteiger partial charge on any atom is -0.490 e. The number of hydrogen-bond acceptors (Lipinski definition) is 4. The molecule has 0 fully saturated rings. The summed E-state index contributed by atoms with van der Waals surface area (Å²) < 4.78 is 36.0. The van der Waals surface area contributed by atoms with Gasteiger partial charge in [-0.25, -0.2) is 0 Å². The molecule has 1 unspecified atom stereocenters. The van der Waals surface area contributed by atoms with Crippen LogP contribution in [0, 0.1) is 0 Å². The van der Waals surface area contributed by atoms with Gasteiger partial charge >= 0.3 is 0 Å². The van der Waals surface area contributed by atoms with E-state index in [0.29, 0.717) is 11.4 Å². The lowest BCUT2D eigenvalue weighted by molar-refractivity contribution is 0.303. The molecule has 1 rings (SSSR count). The SMILES string of the molecule is CCC(COc1ccccc1N)S(=O)(=O)O. The van der Waals surface area contributed by atoms with E-state index < -0.39 is 15.4 Å². The van der Waals surface area contributed by atoms with Gasteiger partial charge in [-0.3, -0.25) is 4.55 Å². The smallest absolute Gasteiger partial charge is 0.271 e. The van der Waals surface area contributed by atoms with Gasteiger partial charge in [0, 0.05) is 0 Å². The molecule has 0 amide bonds. The average molecular weight is 245 g/mol. The summed E-state index contributed by atoms with van der Waals surface area (Å²) in [5, 5.41) is -0.924. The fourth-order valence-electron chi connectivity index (χ4n) is 1.21. The molecule has 0 saturated heterocycles. The van der Waals surface area contributed by atoms with Crippen molar-refractivity contribution in [3.05, 3.63) is 24.3 Å². The topological polar surface area (TPSA) is 89.6 Å². The molecule has 1 atom stereocenters. The summed E-state index contributed by atoms with van der Waals surface area (Å²) in [7, 11) is -4.06. The van der Waals surface area contributed by atoms with Gasteiger partial charge in [0.25, 0.3) is 10.1 Å². The Morgan fingerprint density at radius 2 is 2.06 bits per heavy atom. The first kappa shape index (κ1) is 12.8. The van der Waals surface area contributed by atoms with Gasteiger partial charge in [0.05, 0.1) is 5.69 Å². The Balaban J connectivity index is 2.68. The molecule has 0 saturated carbocycles. The van der Waals surface area contributed by atoms with Crippen molar-refractivity contribution < 1.29 is 17.7 Å². The third-order valence-corrected chi connectivity index (χ3v) is 3.53. The van der Waals surface area contributed by atoms with Crippen LogP contribution < -0.4 is 10.5 Å². The van der Waals surface area contributed by atoms with Gasteiger partial charge < -0.3 is 10.5 Å². The first-order valence-electron chi connectivity index (χ1n) is 4.88. The zero-order valence-corrected chi connectivity index (χ0v) is 9.78. The quantitative estimate of drug-likeness (QED) is 0.603. The van der Waals surface area contributed by atoms with Crippen LogP contribution in [0.4, 0.5) is 5.69 Å². The predicted octanol–water partition coefficient (Wildman–Crippen LogP) is 1.31. The lowest BCUT2D eigenvalue weighted by Gasteiger charge is -2.14. The Bertz CT molecular complexity index is 444. The summed E-state index contributed by atoms with van der Waals surface area (Å²) in [6.07, 6.45) is 0.283. The standard InChI is InChI=1S/C10H15NO4S/c1-2-8(16(12,13)14)7-15-10-6-4-3-5-9(10)11/h3-6,8H,2,7,11H2,1H3,(H,12,13,14). The maximum atomic E-state index is 10.9. The molecular formula is C10H15NO4S. The van der Waals surface area contributed by atoms with Crippen LogP contribution in [0.5, 0.6) is 5.75 Å². The van der Waals surface area contributed by atoms with E-state index in [2.05, 4.69) is 0 Å². The van der Waals surface area contributed by atoms with Crippen molar-refractivity contribution in [2.45, 2.75) is 18.6 Å². The highest BCUT2D eigenvalue weighted by molar-refractivity contribution is 7.86. The molecule has 1 aromatic carbocycles. The maximum Gasteiger partial charge on any atom is 0.271 e. The Kier molecular flexibility index (Phi) is 4.14.